The Balaban J connectivity index is 1.56. The van der Waals surface area contributed by atoms with E-state index >= 15 is 0 Å². The van der Waals surface area contributed by atoms with Crippen molar-refractivity contribution in [3.05, 3.63) is 41.0 Å². The molecular weight excluding hydrogens is 344 g/mol. The molecular formula is C17H19ClN4O3. The molecule has 1 aromatic heterocycles. The van der Waals surface area contributed by atoms with Crippen molar-refractivity contribution in [2.24, 2.45) is 11.7 Å². The lowest BCUT2D eigenvalue weighted by molar-refractivity contribution is 0.0610. The van der Waals surface area contributed by atoms with E-state index in [9.17, 15) is 9.59 Å². The summed E-state index contributed by atoms with van der Waals surface area (Å²) >= 11 is 5.95. The van der Waals surface area contributed by atoms with Crippen molar-refractivity contribution in [2.45, 2.75) is 12.8 Å². The van der Waals surface area contributed by atoms with Gasteiger partial charge in [-0.15, -0.1) is 0 Å². The van der Waals surface area contributed by atoms with E-state index in [1.54, 1.807) is 18.2 Å². The maximum Gasteiger partial charge on any atom is 0.404 e. The summed E-state index contributed by atoms with van der Waals surface area (Å²) in [5.74, 6) is 0.0212. The number of nitrogens with two attached hydrogens (primary N) is 1. The smallest absolute Gasteiger partial charge is 0.404 e. The Morgan fingerprint density at radius 2 is 2.04 bits per heavy atom. The molecule has 132 valence electrons. The van der Waals surface area contributed by atoms with Crippen LogP contribution in [0.1, 0.15) is 23.3 Å². The number of nitrogens with one attached hydrogen (secondary N) is 1. The van der Waals surface area contributed by atoms with Crippen LogP contribution in [-0.4, -0.2) is 41.7 Å². The Kier molecular flexibility index (Phi) is 5.35. The first-order valence-electron chi connectivity index (χ1n) is 8.06. The van der Waals surface area contributed by atoms with Gasteiger partial charge >= 0.3 is 6.09 Å². The van der Waals surface area contributed by atoms with Gasteiger partial charge in [-0.05, 0) is 43.0 Å². The van der Waals surface area contributed by atoms with Crippen molar-refractivity contribution in [1.29, 1.82) is 0 Å². The average molecular weight is 363 g/mol. The zero-order chi connectivity index (χ0) is 17.8. The van der Waals surface area contributed by atoms with Gasteiger partial charge in [-0.1, -0.05) is 17.7 Å². The molecule has 0 unspecified atom stereocenters. The standard InChI is InChI=1S/C17H19ClN4O3/c18-13-2-4-14-12(9-13)1-3-15(20-14)16(23)21-22-7-5-11(6-8-22)10-25-17(19)24/h1-4,9,11H,5-8,10H2,(H2,19,24)(H,21,23). The number of benzene rings is 1. The van der Waals surface area contributed by atoms with Crippen LogP contribution in [0.5, 0.6) is 0 Å². The fourth-order valence-electron chi connectivity index (χ4n) is 2.84. The Hall–Kier alpha value is -2.38. The molecule has 8 heteroatoms. The lowest BCUT2D eigenvalue weighted by Gasteiger charge is -2.31. The molecule has 0 radical (unpaired) electrons. The van der Waals surface area contributed by atoms with Gasteiger partial charge in [0.1, 0.15) is 5.69 Å². The molecule has 3 rings (SSSR count). The SMILES string of the molecule is NC(=O)OCC1CCN(NC(=O)c2ccc3cc(Cl)ccc3n2)CC1. The van der Waals surface area contributed by atoms with Gasteiger partial charge in [0.15, 0.2) is 0 Å². The van der Waals surface area contributed by atoms with Crippen LogP contribution in [0.25, 0.3) is 10.9 Å². The lowest BCUT2D eigenvalue weighted by atomic mass is 9.99. The van der Waals surface area contributed by atoms with E-state index in [0.717, 1.165) is 23.7 Å². The minimum atomic E-state index is -0.751. The number of fused-ring (bicyclic) bond motifs is 1. The molecule has 3 N–H and O–H groups in total. The van der Waals surface area contributed by atoms with Crippen molar-refractivity contribution in [2.75, 3.05) is 19.7 Å². The predicted molar refractivity (Wildman–Crippen MR) is 94.1 cm³/mol. The lowest BCUT2D eigenvalue weighted by Crippen LogP contribution is -2.47. The second kappa shape index (κ2) is 7.67. The van der Waals surface area contributed by atoms with E-state index in [1.165, 1.54) is 0 Å². The zero-order valence-electron chi connectivity index (χ0n) is 13.6. The van der Waals surface area contributed by atoms with E-state index < -0.39 is 6.09 Å². The van der Waals surface area contributed by atoms with Gasteiger partial charge in [0, 0.05) is 23.5 Å². The molecule has 1 aliphatic heterocycles. The second-order valence-electron chi connectivity index (χ2n) is 6.03. The molecule has 0 atom stereocenters. The minimum absolute atomic E-state index is 0.247. The number of hydrogen-bond donors (Lipinski definition) is 2. The van der Waals surface area contributed by atoms with Crippen LogP contribution >= 0.6 is 11.6 Å². The number of pyridine rings is 1. The quantitative estimate of drug-likeness (QED) is 0.870. The summed E-state index contributed by atoms with van der Waals surface area (Å²) < 4.78 is 4.83. The Morgan fingerprint density at radius 1 is 1.28 bits per heavy atom. The third kappa shape index (κ3) is 4.58. The fraction of sp³-hybridized carbons (Fsp3) is 0.353. The summed E-state index contributed by atoms with van der Waals surface area (Å²) in [5, 5.41) is 3.38. The maximum atomic E-state index is 12.4. The first-order chi connectivity index (χ1) is 12.0. The van der Waals surface area contributed by atoms with Crippen LogP contribution in [0.3, 0.4) is 0 Å². The number of amides is 2. The minimum Gasteiger partial charge on any atom is -0.449 e. The third-order valence-corrected chi connectivity index (χ3v) is 4.45. The second-order valence-corrected chi connectivity index (χ2v) is 6.47. The normalized spacial score (nSPS) is 15.9. The molecule has 1 aliphatic rings. The number of aromatic nitrogens is 1. The maximum absolute atomic E-state index is 12.4. The highest BCUT2D eigenvalue weighted by Crippen LogP contribution is 2.19. The van der Waals surface area contributed by atoms with Crippen LogP contribution in [0.2, 0.25) is 5.02 Å². The van der Waals surface area contributed by atoms with Gasteiger partial charge in [0.2, 0.25) is 0 Å². The molecule has 1 fully saturated rings. The Bertz CT molecular complexity index is 791. The van der Waals surface area contributed by atoms with Crippen molar-refractivity contribution >= 4 is 34.5 Å². The molecule has 2 amide bonds. The number of nitrogens with zero attached hydrogens (tertiary/aromatic N) is 2. The van der Waals surface area contributed by atoms with Gasteiger partial charge in [-0.25, -0.2) is 14.8 Å². The molecule has 1 aromatic carbocycles. The highest BCUT2D eigenvalue weighted by molar-refractivity contribution is 6.31. The summed E-state index contributed by atoms with van der Waals surface area (Å²) in [5.41, 5.74) is 8.92. The van der Waals surface area contributed by atoms with Gasteiger partial charge in [0.25, 0.3) is 5.91 Å². The van der Waals surface area contributed by atoms with E-state index in [2.05, 4.69) is 10.4 Å². The van der Waals surface area contributed by atoms with E-state index in [4.69, 9.17) is 22.1 Å². The number of carbonyl (C=O) groups is 2. The first-order valence-corrected chi connectivity index (χ1v) is 8.43. The van der Waals surface area contributed by atoms with Crippen LogP contribution in [0, 0.1) is 5.92 Å². The molecule has 0 bridgehead atoms. The number of hydrogen-bond acceptors (Lipinski definition) is 5. The van der Waals surface area contributed by atoms with Crippen LogP contribution in [0.15, 0.2) is 30.3 Å². The van der Waals surface area contributed by atoms with E-state index in [1.807, 2.05) is 17.1 Å². The van der Waals surface area contributed by atoms with Gasteiger partial charge in [0.05, 0.1) is 12.1 Å². The van der Waals surface area contributed by atoms with Crippen LogP contribution in [0.4, 0.5) is 4.79 Å². The summed E-state index contributed by atoms with van der Waals surface area (Å²) in [4.78, 5) is 27.4. The summed E-state index contributed by atoms with van der Waals surface area (Å²) in [6, 6.07) is 8.86. The topological polar surface area (TPSA) is 97.5 Å². The summed E-state index contributed by atoms with van der Waals surface area (Å²) in [7, 11) is 0. The van der Waals surface area contributed by atoms with Crippen LogP contribution in [-0.2, 0) is 4.74 Å². The number of piperidine rings is 1. The predicted octanol–water partition coefficient (Wildman–Crippen LogP) is 2.34. The first kappa shape index (κ1) is 17.4. The number of ether oxygens (including phenoxy) is 1. The molecule has 0 aliphatic carbocycles. The van der Waals surface area contributed by atoms with E-state index in [0.29, 0.717) is 30.4 Å². The highest BCUT2D eigenvalue weighted by Gasteiger charge is 2.22. The highest BCUT2D eigenvalue weighted by atomic mass is 35.5. The molecule has 0 saturated carbocycles. The number of carbonyl (C=O) groups excluding carboxylic acids is 2. The zero-order valence-corrected chi connectivity index (χ0v) is 14.3. The van der Waals surface area contributed by atoms with Crippen molar-refractivity contribution in [3.8, 4) is 0 Å². The molecule has 2 aromatic rings. The Labute approximate surface area is 150 Å². The molecule has 25 heavy (non-hydrogen) atoms. The monoisotopic (exact) mass is 362 g/mol. The molecule has 2 heterocycles. The van der Waals surface area contributed by atoms with Gasteiger partial charge < -0.3 is 10.5 Å². The van der Waals surface area contributed by atoms with Gasteiger partial charge in [-0.3, -0.25) is 10.2 Å². The molecule has 7 nitrogen and oxygen atoms in total. The summed E-state index contributed by atoms with van der Waals surface area (Å²) in [6.07, 6.45) is 0.883. The number of rotatable bonds is 4. The number of primary amides is 1. The average Bonchev–Trinajstić information content (AvgIpc) is 2.60. The third-order valence-electron chi connectivity index (χ3n) is 4.22. The van der Waals surface area contributed by atoms with Gasteiger partial charge in [-0.2, -0.15) is 0 Å². The summed E-state index contributed by atoms with van der Waals surface area (Å²) in [6.45, 7) is 1.69. The fourth-order valence-corrected chi connectivity index (χ4v) is 3.02. The van der Waals surface area contributed by atoms with Crippen molar-refractivity contribution < 1.29 is 14.3 Å². The Morgan fingerprint density at radius 3 is 2.76 bits per heavy atom. The van der Waals surface area contributed by atoms with E-state index in [-0.39, 0.29) is 11.8 Å². The number of halogens is 1. The van der Waals surface area contributed by atoms with Crippen molar-refractivity contribution in [3.63, 3.8) is 0 Å². The molecule has 1 saturated heterocycles. The van der Waals surface area contributed by atoms with Crippen molar-refractivity contribution in [1.82, 2.24) is 15.4 Å². The molecule has 0 spiro atoms. The van der Waals surface area contributed by atoms with Crippen LogP contribution < -0.4 is 11.2 Å². The number of hydrazine groups is 1. The largest absolute Gasteiger partial charge is 0.449 e.